The van der Waals surface area contributed by atoms with E-state index in [9.17, 15) is 14.4 Å². The number of benzene rings is 2. The highest BCUT2D eigenvalue weighted by Crippen LogP contribution is 2.24. The summed E-state index contributed by atoms with van der Waals surface area (Å²) in [6.45, 7) is 1.68. The topological polar surface area (TPSA) is 82.1 Å². The molecule has 2 aromatic carbocycles. The van der Waals surface area contributed by atoms with Crippen molar-refractivity contribution in [2.45, 2.75) is 38.7 Å². The van der Waals surface area contributed by atoms with Gasteiger partial charge in [-0.25, -0.2) is 9.59 Å². The molecule has 1 fully saturated rings. The summed E-state index contributed by atoms with van der Waals surface area (Å²) < 4.78 is 16.3. The van der Waals surface area contributed by atoms with Gasteiger partial charge in [0.1, 0.15) is 6.61 Å². The minimum Gasteiger partial charge on any atom is -0.453 e. The lowest BCUT2D eigenvalue weighted by atomic mass is 10.1. The van der Waals surface area contributed by atoms with E-state index in [1.807, 2.05) is 30.3 Å². The second-order valence-electron chi connectivity index (χ2n) is 6.69. The number of amides is 1. The van der Waals surface area contributed by atoms with E-state index in [1.165, 1.54) is 11.8 Å². The predicted octanol–water partition coefficient (Wildman–Crippen LogP) is 3.53. The van der Waals surface area contributed by atoms with Crippen molar-refractivity contribution in [1.82, 2.24) is 4.90 Å². The van der Waals surface area contributed by atoms with E-state index < -0.39 is 30.4 Å². The second kappa shape index (κ2) is 9.73. The summed E-state index contributed by atoms with van der Waals surface area (Å²) >= 11 is 0. The summed E-state index contributed by atoms with van der Waals surface area (Å²) in [5.74, 6) is -1.11. The van der Waals surface area contributed by atoms with Crippen LogP contribution in [0.3, 0.4) is 0 Å². The van der Waals surface area contributed by atoms with Crippen LogP contribution in [0.1, 0.15) is 35.7 Å². The third-order valence-corrected chi connectivity index (χ3v) is 4.51. The third-order valence-electron chi connectivity index (χ3n) is 4.51. The molecule has 1 saturated heterocycles. The standard InChI is InChI=1S/C22H23NO6/c1-16(24)28-20-19(29-21(25)18-11-6-3-7-12-18)13-8-14-23(20)22(26)27-15-17-9-4-2-5-10-17/h2-7,9-12,19-20H,8,13-15H2,1H3/t19-,20+/m1/s1. The maximum absolute atomic E-state index is 12.6. The number of carbonyl (C=O) groups excluding carboxylic acids is 3. The Morgan fingerprint density at radius 1 is 0.966 bits per heavy atom. The largest absolute Gasteiger partial charge is 0.453 e. The van der Waals surface area contributed by atoms with Gasteiger partial charge in [-0.05, 0) is 30.5 Å². The molecule has 2 atom stereocenters. The van der Waals surface area contributed by atoms with E-state index in [-0.39, 0.29) is 6.61 Å². The van der Waals surface area contributed by atoms with E-state index in [2.05, 4.69) is 0 Å². The lowest BCUT2D eigenvalue weighted by molar-refractivity contribution is -0.172. The van der Waals surface area contributed by atoms with E-state index >= 15 is 0 Å². The van der Waals surface area contributed by atoms with E-state index in [4.69, 9.17) is 14.2 Å². The molecule has 0 saturated carbocycles. The van der Waals surface area contributed by atoms with Crippen molar-refractivity contribution in [1.29, 1.82) is 0 Å². The van der Waals surface area contributed by atoms with Gasteiger partial charge in [0, 0.05) is 13.5 Å². The van der Waals surface area contributed by atoms with Crippen molar-refractivity contribution in [2.75, 3.05) is 6.54 Å². The Hall–Kier alpha value is -3.35. The van der Waals surface area contributed by atoms with Gasteiger partial charge >= 0.3 is 18.0 Å². The Kier molecular flexibility index (Phi) is 6.84. The van der Waals surface area contributed by atoms with Crippen LogP contribution in [0.15, 0.2) is 60.7 Å². The quantitative estimate of drug-likeness (QED) is 0.567. The van der Waals surface area contributed by atoms with Crippen LogP contribution in [-0.2, 0) is 25.6 Å². The van der Waals surface area contributed by atoms with Crippen molar-refractivity contribution < 1.29 is 28.6 Å². The molecule has 1 aliphatic rings. The van der Waals surface area contributed by atoms with Crippen LogP contribution in [0.4, 0.5) is 4.79 Å². The first-order chi connectivity index (χ1) is 14.0. The van der Waals surface area contributed by atoms with Crippen LogP contribution < -0.4 is 0 Å². The molecule has 29 heavy (non-hydrogen) atoms. The van der Waals surface area contributed by atoms with Crippen LogP contribution in [0.2, 0.25) is 0 Å². The molecular formula is C22H23NO6. The number of nitrogens with zero attached hydrogens (tertiary/aromatic N) is 1. The van der Waals surface area contributed by atoms with Gasteiger partial charge in [-0.3, -0.25) is 9.69 Å². The number of hydrogen-bond donors (Lipinski definition) is 0. The molecule has 0 N–H and O–H groups in total. The zero-order valence-electron chi connectivity index (χ0n) is 16.2. The molecule has 1 amide bonds. The van der Waals surface area contributed by atoms with Gasteiger partial charge in [0.2, 0.25) is 6.23 Å². The fraction of sp³-hybridized carbons (Fsp3) is 0.318. The summed E-state index contributed by atoms with van der Waals surface area (Å²) in [4.78, 5) is 38.0. The van der Waals surface area contributed by atoms with Crippen molar-refractivity contribution in [2.24, 2.45) is 0 Å². The molecular weight excluding hydrogens is 374 g/mol. The molecule has 0 bridgehead atoms. The number of esters is 2. The predicted molar refractivity (Wildman–Crippen MR) is 104 cm³/mol. The van der Waals surface area contributed by atoms with Gasteiger partial charge in [0.25, 0.3) is 0 Å². The first-order valence-corrected chi connectivity index (χ1v) is 9.45. The minimum atomic E-state index is -1.03. The monoisotopic (exact) mass is 397 g/mol. The average molecular weight is 397 g/mol. The molecule has 0 aliphatic carbocycles. The molecule has 2 aromatic rings. The van der Waals surface area contributed by atoms with Gasteiger partial charge < -0.3 is 14.2 Å². The highest BCUT2D eigenvalue weighted by molar-refractivity contribution is 5.89. The summed E-state index contributed by atoms with van der Waals surface area (Å²) in [6, 6.07) is 17.8. The number of carbonyl (C=O) groups is 3. The molecule has 152 valence electrons. The molecule has 0 aromatic heterocycles. The summed E-state index contributed by atoms with van der Waals surface area (Å²) in [5, 5.41) is 0. The van der Waals surface area contributed by atoms with Crippen molar-refractivity contribution in [3.63, 3.8) is 0 Å². The van der Waals surface area contributed by atoms with Crippen LogP contribution >= 0.6 is 0 Å². The Bertz CT molecular complexity index is 839. The minimum absolute atomic E-state index is 0.0947. The van der Waals surface area contributed by atoms with Crippen molar-refractivity contribution in [3.05, 3.63) is 71.8 Å². The third kappa shape index (κ3) is 5.57. The zero-order chi connectivity index (χ0) is 20.6. The maximum atomic E-state index is 12.6. The number of hydrogen-bond acceptors (Lipinski definition) is 6. The Labute approximate surface area is 169 Å². The van der Waals surface area contributed by atoms with Gasteiger partial charge in [-0.2, -0.15) is 0 Å². The first-order valence-electron chi connectivity index (χ1n) is 9.45. The Balaban J connectivity index is 1.69. The highest BCUT2D eigenvalue weighted by atomic mass is 16.6. The van der Waals surface area contributed by atoms with E-state index in [0.717, 1.165) is 5.56 Å². The molecule has 0 unspecified atom stereocenters. The lowest BCUT2D eigenvalue weighted by Crippen LogP contribution is -2.54. The van der Waals surface area contributed by atoms with Crippen LogP contribution in [0.5, 0.6) is 0 Å². The lowest BCUT2D eigenvalue weighted by Gasteiger charge is -2.38. The summed E-state index contributed by atoms with van der Waals surface area (Å²) in [5.41, 5.74) is 1.23. The normalized spacial score (nSPS) is 18.6. The SMILES string of the molecule is CC(=O)O[C@H]1[C@H](OC(=O)c2ccccc2)CCCN1C(=O)OCc1ccccc1. The number of piperidine rings is 1. The fourth-order valence-corrected chi connectivity index (χ4v) is 3.14. The summed E-state index contributed by atoms with van der Waals surface area (Å²) in [6.07, 6.45) is -1.37. The second-order valence-corrected chi connectivity index (χ2v) is 6.69. The molecule has 1 heterocycles. The van der Waals surface area contributed by atoms with Crippen molar-refractivity contribution >= 4 is 18.0 Å². The van der Waals surface area contributed by atoms with E-state index in [0.29, 0.717) is 24.9 Å². The highest BCUT2D eigenvalue weighted by Gasteiger charge is 2.40. The average Bonchev–Trinajstić information content (AvgIpc) is 2.74. The summed E-state index contributed by atoms with van der Waals surface area (Å²) in [7, 11) is 0. The number of likely N-dealkylation sites (tertiary alicyclic amines) is 1. The zero-order valence-corrected chi connectivity index (χ0v) is 16.2. The fourth-order valence-electron chi connectivity index (χ4n) is 3.14. The Morgan fingerprint density at radius 2 is 1.62 bits per heavy atom. The van der Waals surface area contributed by atoms with E-state index in [1.54, 1.807) is 30.3 Å². The number of ether oxygens (including phenoxy) is 3. The van der Waals surface area contributed by atoms with Crippen LogP contribution in [0.25, 0.3) is 0 Å². The molecule has 1 aliphatic heterocycles. The molecule has 0 radical (unpaired) electrons. The molecule has 7 heteroatoms. The van der Waals surface area contributed by atoms with Gasteiger partial charge in [0.15, 0.2) is 6.10 Å². The Morgan fingerprint density at radius 3 is 2.28 bits per heavy atom. The molecule has 7 nitrogen and oxygen atoms in total. The van der Waals surface area contributed by atoms with Crippen LogP contribution in [0, 0.1) is 0 Å². The van der Waals surface area contributed by atoms with Crippen molar-refractivity contribution in [3.8, 4) is 0 Å². The first kappa shape index (κ1) is 20.4. The number of rotatable bonds is 5. The molecule has 3 rings (SSSR count). The van der Waals surface area contributed by atoms with Crippen LogP contribution in [-0.4, -0.2) is 41.8 Å². The maximum Gasteiger partial charge on any atom is 0.413 e. The smallest absolute Gasteiger partial charge is 0.413 e. The van der Waals surface area contributed by atoms with Gasteiger partial charge in [-0.15, -0.1) is 0 Å². The van der Waals surface area contributed by atoms with Gasteiger partial charge in [0.05, 0.1) is 5.56 Å². The molecule has 0 spiro atoms. The van der Waals surface area contributed by atoms with Gasteiger partial charge in [-0.1, -0.05) is 48.5 Å².